The summed E-state index contributed by atoms with van der Waals surface area (Å²) in [5.74, 6) is 2.03. The van der Waals surface area contributed by atoms with Crippen LogP contribution in [0, 0.1) is 5.92 Å². The van der Waals surface area contributed by atoms with E-state index in [0.29, 0.717) is 0 Å². The monoisotopic (exact) mass is 432 g/mol. The van der Waals surface area contributed by atoms with Crippen molar-refractivity contribution in [1.82, 2.24) is 9.55 Å². The van der Waals surface area contributed by atoms with Gasteiger partial charge in [-0.3, -0.25) is 4.57 Å². The lowest BCUT2D eigenvalue weighted by atomic mass is 10.0. The molecule has 1 unspecified atom stereocenters. The molecular weight excluding hydrogens is 407 g/mol. The molecule has 1 atom stereocenters. The first-order chi connectivity index (χ1) is 11.8. The van der Waals surface area contributed by atoms with Crippen molar-refractivity contribution in [3.63, 3.8) is 0 Å². The number of unbranched alkanes of at least 4 members (excludes halogenated alkanes) is 2. The molecule has 2 aromatic carbocycles. The van der Waals surface area contributed by atoms with Gasteiger partial charge in [-0.25, -0.2) is 4.98 Å². The molecule has 0 spiro atoms. The Morgan fingerprint density at radius 1 is 0.958 bits per heavy atom. The maximum atomic E-state index is 4.90. The van der Waals surface area contributed by atoms with E-state index < -0.39 is 0 Å². The van der Waals surface area contributed by atoms with E-state index in [9.17, 15) is 0 Å². The first-order valence-corrected chi connectivity index (χ1v) is 10.4. The minimum atomic E-state index is 0.847. The molecule has 0 amide bonds. The van der Waals surface area contributed by atoms with Crippen LogP contribution in [0.2, 0.25) is 0 Å². The third-order valence-corrected chi connectivity index (χ3v) is 6.01. The average molecular weight is 432 g/mol. The Morgan fingerprint density at radius 3 is 2.50 bits per heavy atom. The molecule has 3 aromatic rings. The number of aryl methyl sites for hydroxylation is 1. The van der Waals surface area contributed by atoms with Gasteiger partial charge in [0.2, 0.25) is 0 Å². The number of halogens is 1. The highest BCUT2D eigenvalue weighted by Crippen LogP contribution is 2.23. The molecule has 0 N–H and O–H groups in total. The van der Waals surface area contributed by atoms with Crippen LogP contribution < -0.4 is 0 Å². The number of rotatable bonds is 8. The number of aromatic nitrogens is 2. The molecule has 2 nitrogen and oxygen atoms in total. The number of nitrogens with zero attached hydrogens (tertiary/aromatic N) is 2. The summed E-state index contributed by atoms with van der Waals surface area (Å²) in [7, 11) is 0. The van der Waals surface area contributed by atoms with Crippen LogP contribution in [-0.2, 0) is 6.42 Å². The minimum Gasteiger partial charge on any atom is -0.296 e. The van der Waals surface area contributed by atoms with E-state index in [1.54, 1.807) is 0 Å². The molecule has 0 radical (unpaired) electrons. The largest absolute Gasteiger partial charge is 0.296 e. The van der Waals surface area contributed by atoms with E-state index in [4.69, 9.17) is 4.98 Å². The topological polar surface area (TPSA) is 17.8 Å². The van der Waals surface area contributed by atoms with Crippen LogP contribution in [0.25, 0.3) is 16.7 Å². The Hall–Kier alpha value is -1.36. The molecule has 3 rings (SSSR count). The molecule has 24 heavy (non-hydrogen) atoms. The second kappa shape index (κ2) is 8.65. The molecule has 0 fully saturated rings. The van der Waals surface area contributed by atoms with E-state index in [1.807, 2.05) is 0 Å². The van der Waals surface area contributed by atoms with Crippen molar-refractivity contribution in [2.24, 2.45) is 5.92 Å². The summed E-state index contributed by atoms with van der Waals surface area (Å²) < 4.78 is 3.59. The molecule has 3 heteroatoms. The van der Waals surface area contributed by atoms with Crippen molar-refractivity contribution in [1.29, 1.82) is 0 Å². The third-order valence-electron chi connectivity index (χ3n) is 4.51. The predicted octanol–water partition coefficient (Wildman–Crippen LogP) is 6.20. The molecule has 0 saturated carbocycles. The fourth-order valence-electron chi connectivity index (χ4n) is 3.14. The number of alkyl halides is 1. The van der Waals surface area contributed by atoms with Gasteiger partial charge >= 0.3 is 0 Å². The van der Waals surface area contributed by atoms with Gasteiger partial charge in [-0.1, -0.05) is 72.7 Å². The number of fused-ring (bicyclic) bond motifs is 1. The highest BCUT2D eigenvalue weighted by atomic mass is 127. The van der Waals surface area contributed by atoms with E-state index in [0.717, 1.165) is 17.9 Å². The molecule has 1 heterocycles. The second-order valence-electron chi connectivity index (χ2n) is 6.55. The SMILES string of the molecule is CC(CI)CCCCCc1nc2ccccc2n1-c1ccccc1. The third kappa shape index (κ3) is 4.18. The molecule has 126 valence electrons. The van der Waals surface area contributed by atoms with Crippen LogP contribution in [0.15, 0.2) is 54.6 Å². The van der Waals surface area contributed by atoms with Gasteiger partial charge in [-0.05, 0) is 43.0 Å². The summed E-state index contributed by atoms with van der Waals surface area (Å²) in [5, 5.41) is 0. The summed E-state index contributed by atoms with van der Waals surface area (Å²) in [6.07, 6.45) is 6.22. The molecule has 0 bridgehead atoms. The normalized spacial score (nSPS) is 12.6. The zero-order valence-electron chi connectivity index (χ0n) is 14.3. The maximum Gasteiger partial charge on any atom is 0.114 e. The fourth-order valence-corrected chi connectivity index (χ4v) is 3.58. The quantitative estimate of drug-likeness (QED) is 0.236. The number of hydrogen-bond donors (Lipinski definition) is 0. The highest BCUT2D eigenvalue weighted by molar-refractivity contribution is 14.1. The molecular formula is C21H25IN2. The van der Waals surface area contributed by atoms with Crippen molar-refractivity contribution in [3.8, 4) is 5.69 Å². The second-order valence-corrected chi connectivity index (χ2v) is 7.43. The average Bonchev–Trinajstić information content (AvgIpc) is 3.00. The van der Waals surface area contributed by atoms with Gasteiger partial charge in [-0.2, -0.15) is 0 Å². The van der Waals surface area contributed by atoms with E-state index in [2.05, 4.69) is 88.7 Å². The van der Waals surface area contributed by atoms with Crippen LogP contribution in [0.4, 0.5) is 0 Å². The summed E-state index contributed by atoms with van der Waals surface area (Å²) >= 11 is 2.49. The predicted molar refractivity (Wildman–Crippen MR) is 111 cm³/mol. The molecule has 1 aromatic heterocycles. The molecule has 0 aliphatic rings. The lowest BCUT2D eigenvalue weighted by Crippen LogP contribution is -2.02. The smallest absolute Gasteiger partial charge is 0.114 e. The maximum absolute atomic E-state index is 4.90. The molecule has 0 aliphatic heterocycles. The molecule has 0 aliphatic carbocycles. The van der Waals surface area contributed by atoms with E-state index in [-0.39, 0.29) is 0 Å². The highest BCUT2D eigenvalue weighted by Gasteiger charge is 2.11. The van der Waals surface area contributed by atoms with Crippen LogP contribution in [0.1, 0.15) is 38.4 Å². The van der Waals surface area contributed by atoms with Crippen molar-refractivity contribution < 1.29 is 0 Å². The lowest BCUT2D eigenvalue weighted by molar-refractivity contribution is 0.535. The van der Waals surface area contributed by atoms with E-state index >= 15 is 0 Å². The standard InChI is InChI=1S/C21H25IN2/c1-17(16-22)10-4-2-7-15-21-23-19-13-8-9-14-20(19)24(21)18-11-5-3-6-12-18/h3,5-6,8-9,11-14,17H,2,4,7,10,15-16H2,1H3. The first-order valence-electron chi connectivity index (χ1n) is 8.87. The van der Waals surface area contributed by atoms with Gasteiger partial charge in [0.05, 0.1) is 11.0 Å². The summed E-state index contributed by atoms with van der Waals surface area (Å²) in [4.78, 5) is 4.90. The Morgan fingerprint density at radius 2 is 1.71 bits per heavy atom. The van der Waals surface area contributed by atoms with Gasteiger partial charge in [0.15, 0.2) is 0 Å². The summed E-state index contributed by atoms with van der Waals surface area (Å²) in [5.41, 5.74) is 3.51. The Balaban J connectivity index is 1.75. The first kappa shape index (κ1) is 17.5. The van der Waals surface area contributed by atoms with Crippen LogP contribution >= 0.6 is 22.6 Å². The number of imidazole rings is 1. The van der Waals surface area contributed by atoms with Gasteiger partial charge in [0.1, 0.15) is 5.82 Å². The lowest BCUT2D eigenvalue weighted by Gasteiger charge is -2.10. The zero-order valence-corrected chi connectivity index (χ0v) is 16.4. The van der Waals surface area contributed by atoms with Gasteiger partial charge < -0.3 is 0 Å². The van der Waals surface area contributed by atoms with Gasteiger partial charge in [0, 0.05) is 16.5 Å². The Kier molecular flexibility index (Phi) is 6.30. The van der Waals surface area contributed by atoms with Crippen molar-refractivity contribution in [2.45, 2.75) is 39.0 Å². The minimum absolute atomic E-state index is 0.847. The fraction of sp³-hybridized carbons (Fsp3) is 0.381. The Bertz CT molecular complexity index is 764. The van der Waals surface area contributed by atoms with Crippen LogP contribution in [0.5, 0.6) is 0 Å². The number of hydrogen-bond acceptors (Lipinski definition) is 1. The summed E-state index contributed by atoms with van der Waals surface area (Å²) in [6.45, 7) is 2.35. The van der Waals surface area contributed by atoms with Crippen LogP contribution in [-0.4, -0.2) is 14.0 Å². The van der Waals surface area contributed by atoms with Crippen molar-refractivity contribution >= 4 is 33.6 Å². The van der Waals surface area contributed by atoms with Gasteiger partial charge in [-0.15, -0.1) is 0 Å². The van der Waals surface area contributed by atoms with Crippen molar-refractivity contribution in [2.75, 3.05) is 4.43 Å². The summed E-state index contributed by atoms with van der Waals surface area (Å²) in [6, 6.07) is 19.0. The van der Waals surface area contributed by atoms with Crippen molar-refractivity contribution in [3.05, 3.63) is 60.4 Å². The number of benzene rings is 2. The van der Waals surface area contributed by atoms with Crippen LogP contribution in [0.3, 0.4) is 0 Å². The van der Waals surface area contributed by atoms with E-state index in [1.165, 1.54) is 47.1 Å². The van der Waals surface area contributed by atoms with Gasteiger partial charge in [0.25, 0.3) is 0 Å². The Labute approximate surface area is 158 Å². The molecule has 0 saturated heterocycles. The number of para-hydroxylation sites is 3. The zero-order chi connectivity index (χ0) is 16.8.